The standard InChI is InChI=1S/C26H24N2O4/c1-16-13-17(2)25(32-3)20(14-16)23(29)21-22(19-7-5-4-6-8-19)28(26(31)24(21)30)15-18-9-11-27-12-10-18/h4-14,22,29H,15H2,1-3H3/b23-21+. The molecule has 1 N–H and O–H groups in total. The molecule has 6 heteroatoms. The number of aromatic nitrogens is 1. The van der Waals surface area contributed by atoms with Crippen LogP contribution in [-0.4, -0.2) is 33.8 Å². The Kier molecular flexibility index (Phi) is 5.77. The highest BCUT2D eigenvalue weighted by molar-refractivity contribution is 6.46. The first-order chi connectivity index (χ1) is 15.4. The lowest BCUT2D eigenvalue weighted by molar-refractivity contribution is -0.140. The van der Waals surface area contributed by atoms with Crippen molar-refractivity contribution >= 4 is 17.4 Å². The van der Waals surface area contributed by atoms with E-state index in [1.54, 1.807) is 30.6 Å². The molecule has 2 aromatic carbocycles. The van der Waals surface area contributed by atoms with Gasteiger partial charge in [0.15, 0.2) is 0 Å². The van der Waals surface area contributed by atoms with Crippen molar-refractivity contribution in [3.63, 3.8) is 0 Å². The van der Waals surface area contributed by atoms with Crippen LogP contribution in [0.1, 0.15) is 33.9 Å². The summed E-state index contributed by atoms with van der Waals surface area (Å²) in [6.07, 6.45) is 3.29. The number of aryl methyl sites for hydroxylation is 2. The molecule has 1 atom stereocenters. The highest BCUT2D eigenvalue weighted by Crippen LogP contribution is 2.42. The molecule has 0 radical (unpaired) electrons. The Labute approximate surface area is 186 Å². The molecule has 0 spiro atoms. The van der Waals surface area contributed by atoms with Crippen LogP contribution in [0.5, 0.6) is 5.75 Å². The van der Waals surface area contributed by atoms with E-state index < -0.39 is 17.7 Å². The number of Topliss-reactive ketones (excluding diaryl/α,β-unsaturated/α-hetero) is 1. The summed E-state index contributed by atoms with van der Waals surface area (Å²) in [4.78, 5) is 31.8. The van der Waals surface area contributed by atoms with Crippen LogP contribution in [0.15, 0.2) is 72.6 Å². The van der Waals surface area contributed by atoms with Gasteiger partial charge < -0.3 is 14.7 Å². The Hall–Kier alpha value is -3.93. The second kappa shape index (κ2) is 8.67. The summed E-state index contributed by atoms with van der Waals surface area (Å²) in [5.74, 6) is -1.13. The zero-order chi connectivity index (χ0) is 22.8. The fourth-order valence-electron chi connectivity index (χ4n) is 4.26. The van der Waals surface area contributed by atoms with Crippen molar-refractivity contribution in [2.24, 2.45) is 0 Å². The second-order valence-corrected chi connectivity index (χ2v) is 7.86. The van der Waals surface area contributed by atoms with Gasteiger partial charge in [-0.25, -0.2) is 0 Å². The van der Waals surface area contributed by atoms with E-state index in [1.165, 1.54) is 12.0 Å². The number of methoxy groups -OCH3 is 1. The van der Waals surface area contributed by atoms with E-state index in [1.807, 2.05) is 50.2 Å². The molecule has 1 aliphatic rings. The number of ketones is 1. The number of benzene rings is 2. The summed E-state index contributed by atoms with van der Waals surface area (Å²) < 4.78 is 5.53. The highest BCUT2D eigenvalue weighted by atomic mass is 16.5. The van der Waals surface area contributed by atoms with Gasteiger partial charge in [0.05, 0.1) is 24.3 Å². The molecule has 1 unspecified atom stereocenters. The third-order valence-corrected chi connectivity index (χ3v) is 5.64. The van der Waals surface area contributed by atoms with E-state index in [9.17, 15) is 14.7 Å². The second-order valence-electron chi connectivity index (χ2n) is 7.86. The number of pyridine rings is 1. The molecule has 4 rings (SSSR count). The van der Waals surface area contributed by atoms with Crippen LogP contribution in [0.3, 0.4) is 0 Å². The van der Waals surface area contributed by atoms with Crippen LogP contribution in [-0.2, 0) is 16.1 Å². The molecular weight excluding hydrogens is 404 g/mol. The van der Waals surface area contributed by atoms with Crippen LogP contribution < -0.4 is 4.74 Å². The van der Waals surface area contributed by atoms with Gasteiger partial charge in [-0.1, -0.05) is 36.4 Å². The summed E-state index contributed by atoms with van der Waals surface area (Å²) in [5, 5.41) is 11.4. The van der Waals surface area contributed by atoms with Gasteiger partial charge in [-0.2, -0.15) is 0 Å². The van der Waals surface area contributed by atoms with E-state index in [0.29, 0.717) is 11.3 Å². The molecule has 0 bridgehead atoms. The molecule has 6 nitrogen and oxygen atoms in total. The van der Waals surface area contributed by atoms with Gasteiger partial charge in [-0.3, -0.25) is 14.6 Å². The number of hydrogen-bond donors (Lipinski definition) is 1. The first-order valence-corrected chi connectivity index (χ1v) is 10.3. The third-order valence-electron chi connectivity index (χ3n) is 5.64. The number of amides is 1. The fourth-order valence-corrected chi connectivity index (χ4v) is 4.26. The largest absolute Gasteiger partial charge is 0.507 e. The molecule has 1 fully saturated rings. The minimum Gasteiger partial charge on any atom is -0.507 e. The van der Waals surface area contributed by atoms with Gasteiger partial charge in [0.2, 0.25) is 0 Å². The van der Waals surface area contributed by atoms with Crippen molar-refractivity contribution in [2.75, 3.05) is 7.11 Å². The molecule has 1 saturated heterocycles. The Morgan fingerprint density at radius 3 is 2.41 bits per heavy atom. The summed E-state index contributed by atoms with van der Waals surface area (Å²) >= 11 is 0. The van der Waals surface area contributed by atoms with Crippen LogP contribution in [0.25, 0.3) is 5.76 Å². The van der Waals surface area contributed by atoms with Gasteiger partial charge in [-0.15, -0.1) is 0 Å². The number of nitrogens with zero attached hydrogens (tertiary/aromatic N) is 2. The normalized spacial score (nSPS) is 17.6. The minimum atomic E-state index is -0.727. The number of hydrogen-bond acceptors (Lipinski definition) is 5. The lowest BCUT2D eigenvalue weighted by atomic mass is 9.93. The average Bonchev–Trinajstić information content (AvgIpc) is 3.04. The van der Waals surface area contributed by atoms with E-state index in [-0.39, 0.29) is 17.9 Å². The Bertz CT molecular complexity index is 1200. The number of carbonyl (C=O) groups is 2. The van der Waals surface area contributed by atoms with Gasteiger partial charge in [0.25, 0.3) is 11.7 Å². The predicted octanol–water partition coefficient (Wildman–Crippen LogP) is 4.33. The lowest BCUT2D eigenvalue weighted by Gasteiger charge is -2.25. The molecule has 162 valence electrons. The van der Waals surface area contributed by atoms with Crippen LogP contribution in [0.4, 0.5) is 0 Å². The Balaban J connectivity index is 1.92. The minimum absolute atomic E-state index is 0.0542. The van der Waals surface area contributed by atoms with Crippen LogP contribution in [0, 0.1) is 13.8 Å². The summed E-state index contributed by atoms with van der Waals surface area (Å²) in [6.45, 7) is 3.99. The van der Waals surface area contributed by atoms with E-state index in [4.69, 9.17) is 4.74 Å². The number of aliphatic hydroxyl groups is 1. The molecule has 3 aromatic rings. The molecular formula is C26H24N2O4. The summed E-state index contributed by atoms with van der Waals surface area (Å²) in [7, 11) is 1.52. The van der Waals surface area contributed by atoms with E-state index >= 15 is 0 Å². The summed E-state index contributed by atoms with van der Waals surface area (Å²) in [5.41, 5.74) is 3.77. The first-order valence-electron chi connectivity index (χ1n) is 10.3. The highest BCUT2D eigenvalue weighted by Gasteiger charge is 2.46. The number of rotatable bonds is 5. The number of aliphatic hydroxyl groups excluding tert-OH is 1. The van der Waals surface area contributed by atoms with Gasteiger partial charge in [0.1, 0.15) is 11.5 Å². The van der Waals surface area contributed by atoms with Crippen molar-refractivity contribution in [2.45, 2.75) is 26.4 Å². The van der Waals surface area contributed by atoms with Crippen molar-refractivity contribution < 1.29 is 19.4 Å². The van der Waals surface area contributed by atoms with Gasteiger partial charge in [0, 0.05) is 18.9 Å². The molecule has 0 aliphatic carbocycles. The number of likely N-dealkylation sites (tertiary alicyclic amines) is 1. The molecule has 32 heavy (non-hydrogen) atoms. The zero-order valence-electron chi connectivity index (χ0n) is 18.2. The molecule has 2 heterocycles. The fraction of sp³-hybridized carbons (Fsp3) is 0.192. The zero-order valence-corrected chi connectivity index (χ0v) is 18.2. The van der Waals surface area contributed by atoms with E-state index in [0.717, 1.165) is 22.3 Å². The Morgan fingerprint density at radius 2 is 1.75 bits per heavy atom. The topological polar surface area (TPSA) is 79.7 Å². The molecule has 1 aliphatic heterocycles. The maximum Gasteiger partial charge on any atom is 0.295 e. The number of ether oxygens (including phenoxy) is 1. The van der Waals surface area contributed by atoms with Gasteiger partial charge >= 0.3 is 0 Å². The van der Waals surface area contributed by atoms with E-state index in [2.05, 4.69) is 4.98 Å². The molecule has 1 aromatic heterocycles. The lowest BCUT2D eigenvalue weighted by Crippen LogP contribution is -2.29. The van der Waals surface area contributed by atoms with Crippen molar-refractivity contribution in [3.8, 4) is 5.75 Å². The monoisotopic (exact) mass is 428 g/mol. The SMILES string of the molecule is COc1c(C)cc(C)cc1/C(O)=C1\C(=O)C(=O)N(Cc2ccncc2)C1c1ccccc1. The molecule has 0 saturated carbocycles. The van der Waals surface area contributed by atoms with Crippen molar-refractivity contribution in [1.82, 2.24) is 9.88 Å². The summed E-state index contributed by atoms with van der Waals surface area (Å²) in [6, 6.07) is 15.8. The number of carbonyl (C=O) groups excluding carboxylic acids is 2. The third kappa shape index (κ3) is 3.75. The van der Waals surface area contributed by atoms with Crippen LogP contribution >= 0.6 is 0 Å². The first kappa shape index (κ1) is 21.3. The quantitative estimate of drug-likeness (QED) is 0.372. The maximum absolute atomic E-state index is 13.2. The predicted molar refractivity (Wildman–Crippen MR) is 121 cm³/mol. The smallest absolute Gasteiger partial charge is 0.295 e. The average molecular weight is 428 g/mol. The Morgan fingerprint density at radius 1 is 1.06 bits per heavy atom. The molecule has 1 amide bonds. The van der Waals surface area contributed by atoms with Gasteiger partial charge in [-0.05, 0) is 54.3 Å². The maximum atomic E-state index is 13.2. The van der Waals surface area contributed by atoms with Crippen LogP contribution in [0.2, 0.25) is 0 Å². The van der Waals surface area contributed by atoms with Crippen molar-refractivity contribution in [3.05, 3.63) is 100 Å². The van der Waals surface area contributed by atoms with Crippen molar-refractivity contribution in [1.29, 1.82) is 0 Å².